The van der Waals surface area contributed by atoms with E-state index in [9.17, 15) is 0 Å². The van der Waals surface area contributed by atoms with Gasteiger partial charge in [-0.15, -0.1) is 0 Å². The number of piperazine rings is 1. The third-order valence-electron chi connectivity index (χ3n) is 2.90. The normalized spacial score (nSPS) is 18.1. The Balaban J connectivity index is 1.82. The molecule has 1 aliphatic heterocycles. The van der Waals surface area contributed by atoms with Crippen molar-refractivity contribution in [1.29, 1.82) is 0 Å². The molecular formula is C14H19N2. The van der Waals surface area contributed by atoms with Crippen molar-refractivity contribution in [3.63, 3.8) is 0 Å². The lowest BCUT2D eigenvalue weighted by molar-refractivity contribution is 0.262. The number of benzene rings is 1. The van der Waals surface area contributed by atoms with E-state index in [-0.39, 0.29) is 0 Å². The SMILES string of the molecule is Cc1ccc(/C=C/CN2CC[N]CC2)cc1. The Bertz CT molecular complexity index is 334. The molecule has 1 heterocycles. The van der Waals surface area contributed by atoms with Gasteiger partial charge in [0.25, 0.3) is 0 Å². The standard InChI is InChI=1S/C14H19N2/c1-13-4-6-14(7-5-13)3-2-10-16-11-8-15-9-12-16/h2-7H,8-12H2,1H3/b3-2+. The van der Waals surface area contributed by atoms with Crippen LogP contribution in [0.15, 0.2) is 30.3 Å². The van der Waals surface area contributed by atoms with Crippen LogP contribution >= 0.6 is 0 Å². The van der Waals surface area contributed by atoms with E-state index in [0.29, 0.717) is 0 Å². The molecule has 1 saturated heterocycles. The zero-order chi connectivity index (χ0) is 11.2. The second kappa shape index (κ2) is 5.83. The molecule has 1 aromatic carbocycles. The Morgan fingerprint density at radius 2 is 1.88 bits per heavy atom. The third-order valence-corrected chi connectivity index (χ3v) is 2.90. The van der Waals surface area contributed by atoms with Gasteiger partial charge in [-0.2, -0.15) is 0 Å². The molecule has 2 heteroatoms. The first-order valence-electron chi connectivity index (χ1n) is 5.93. The van der Waals surface area contributed by atoms with Gasteiger partial charge in [-0.1, -0.05) is 42.0 Å². The predicted octanol–water partition coefficient (Wildman–Crippen LogP) is 1.93. The summed E-state index contributed by atoms with van der Waals surface area (Å²) in [7, 11) is 0. The lowest BCUT2D eigenvalue weighted by Crippen LogP contribution is -2.40. The number of hydrogen-bond donors (Lipinski definition) is 0. The highest BCUT2D eigenvalue weighted by Crippen LogP contribution is 2.05. The Hall–Kier alpha value is -1.12. The molecular weight excluding hydrogens is 196 g/mol. The van der Waals surface area contributed by atoms with Crippen LogP contribution in [0.4, 0.5) is 0 Å². The number of hydrogen-bond acceptors (Lipinski definition) is 1. The van der Waals surface area contributed by atoms with Crippen molar-refractivity contribution < 1.29 is 0 Å². The molecule has 2 rings (SSSR count). The minimum Gasteiger partial charge on any atom is -0.297 e. The number of rotatable bonds is 3. The molecule has 0 amide bonds. The van der Waals surface area contributed by atoms with Crippen LogP contribution in [0.25, 0.3) is 6.08 Å². The highest BCUT2D eigenvalue weighted by atomic mass is 15.2. The summed E-state index contributed by atoms with van der Waals surface area (Å²) in [6.45, 7) is 7.38. The highest BCUT2D eigenvalue weighted by molar-refractivity contribution is 5.49. The zero-order valence-electron chi connectivity index (χ0n) is 9.89. The highest BCUT2D eigenvalue weighted by Gasteiger charge is 2.07. The average molecular weight is 215 g/mol. The van der Waals surface area contributed by atoms with E-state index in [1.54, 1.807) is 0 Å². The molecule has 0 N–H and O–H groups in total. The summed E-state index contributed by atoms with van der Waals surface area (Å²) in [6, 6.07) is 8.63. The first kappa shape index (κ1) is 11.4. The van der Waals surface area contributed by atoms with Crippen LogP contribution in [-0.2, 0) is 0 Å². The first-order valence-corrected chi connectivity index (χ1v) is 5.93. The molecule has 0 spiro atoms. The minimum absolute atomic E-state index is 0.998. The van der Waals surface area contributed by atoms with Gasteiger partial charge in [0, 0.05) is 32.7 Å². The summed E-state index contributed by atoms with van der Waals surface area (Å²) < 4.78 is 0. The van der Waals surface area contributed by atoms with Crippen LogP contribution in [0.1, 0.15) is 11.1 Å². The monoisotopic (exact) mass is 215 g/mol. The molecule has 1 aromatic rings. The van der Waals surface area contributed by atoms with Crippen LogP contribution in [0.3, 0.4) is 0 Å². The topological polar surface area (TPSA) is 17.3 Å². The molecule has 0 aliphatic carbocycles. The van der Waals surface area contributed by atoms with Gasteiger partial charge in [-0.3, -0.25) is 4.90 Å². The molecule has 16 heavy (non-hydrogen) atoms. The second-order valence-corrected chi connectivity index (χ2v) is 4.28. The summed E-state index contributed by atoms with van der Waals surface area (Å²) in [5.74, 6) is 0. The fraction of sp³-hybridized carbons (Fsp3) is 0.429. The van der Waals surface area contributed by atoms with Crippen molar-refractivity contribution in [3.05, 3.63) is 41.5 Å². The molecule has 0 bridgehead atoms. The maximum atomic E-state index is 4.34. The van der Waals surface area contributed by atoms with Gasteiger partial charge in [0.2, 0.25) is 0 Å². The van der Waals surface area contributed by atoms with Crippen LogP contribution in [0, 0.1) is 6.92 Å². The van der Waals surface area contributed by atoms with Crippen LogP contribution in [0.2, 0.25) is 0 Å². The van der Waals surface area contributed by atoms with Gasteiger partial charge in [0.15, 0.2) is 0 Å². The molecule has 1 radical (unpaired) electrons. The largest absolute Gasteiger partial charge is 0.297 e. The summed E-state index contributed by atoms with van der Waals surface area (Å²) in [5.41, 5.74) is 2.60. The van der Waals surface area contributed by atoms with E-state index in [2.05, 4.69) is 53.6 Å². The summed E-state index contributed by atoms with van der Waals surface area (Å²) in [6.07, 6.45) is 4.45. The molecule has 2 nitrogen and oxygen atoms in total. The van der Waals surface area contributed by atoms with Crippen LogP contribution in [0.5, 0.6) is 0 Å². The summed E-state index contributed by atoms with van der Waals surface area (Å²) in [4.78, 5) is 2.44. The maximum absolute atomic E-state index is 4.34. The third kappa shape index (κ3) is 3.47. The van der Waals surface area contributed by atoms with E-state index >= 15 is 0 Å². The van der Waals surface area contributed by atoms with Crippen molar-refractivity contribution >= 4 is 6.08 Å². The van der Waals surface area contributed by atoms with Crippen molar-refractivity contribution in [2.45, 2.75) is 6.92 Å². The van der Waals surface area contributed by atoms with Gasteiger partial charge in [0.05, 0.1) is 0 Å². The number of nitrogens with zero attached hydrogens (tertiary/aromatic N) is 2. The van der Waals surface area contributed by atoms with Gasteiger partial charge in [0.1, 0.15) is 0 Å². The van der Waals surface area contributed by atoms with E-state index in [1.807, 2.05) is 0 Å². The molecule has 0 atom stereocenters. The van der Waals surface area contributed by atoms with Crippen molar-refractivity contribution in [1.82, 2.24) is 10.2 Å². The lowest BCUT2D eigenvalue weighted by Gasteiger charge is -2.24. The average Bonchev–Trinajstić information content (AvgIpc) is 2.33. The maximum Gasteiger partial charge on any atom is 0.0261 e. The first-order chi connectivity index (χ1) is 7.84. The summed E-state index contributed by atoms with van der Waals surface area (Å²) in [5, 5.41) is 4.34. The molecule has 0 aromatic heterocycles. The van der Waals surface area contributed by atoms with Gasteiger partial charge in [-0.05, 0) is 12.5 Å². The van der Waals surface area contributed by atoms with E-state index < -0.39 is 0 Å². The molecule has 1 fully saturated rings. The van der Waals surface area contributed by atoms with Crippen LogP contribution in [-0.4, -0.2) is 37.6 Å². The Kier molecular flexibility index (Phi) is 4.14. The Morgan fingerprint density at radius 3 is 2.56 bits per heavy atom. The molecule has 0 unspecified atom stereocenters. The molecule has 0 saturated carbocycles. The van der Waals surface area contributed by atoms with Crippen molar-refractivity contribution in [2.24, 2.45) is 0 Å². The Morgan fingerprint density at radius 1 is 1.19 bits per heavy atom. The fourth-order valence-electron chi connectivity index (χ4n) is 1.85. The second-order valence-electron chi connectivity index (χ2n) is 4.28. The van der Waals surface area contributed by atoms with Crippen LogP contribution < -0.4 is 5.32 Å². The van der Waals surface area contributed by atoms with E-state index in [1.165, 1.54) is 11.1 Å². The van der Waals surface area contributed by atoms with E-state index in [0.717, 1.165) is 32.7 Å². The smallest absolute Gasteiger partial charge is 0.0261 e. The van der Waals surface area contributed by atoms with Gasteiger partial charge >= 0.3 is 0 Å². The lowest BCUT2D eigenvalue weighted by atomic mass is 10.1. The molecule has 85 valence electrons. The fourth-order valence-corrected chi connectivity index (χ4v) is 1.85. The minimum atomic E-state index is 0.998. The summed E-state index contributed by atoms with van der Waals surface area (Å²) >= 11 is 0. The van der Waals surface area contributed by atoms with Crippen molar-refractivity contribution in [3.8, 4) is 0 Å². The number of aryl methyl sites for hydroxylation is 1. The van der Waals surface area contributed by atoms with E-state index in [4.69, 9.17) is 0 Å². The quantitative estimate of drug-likeness (QED) is 0.753. The van der Waals surface area contributed by atoms with Gasteiger partial charge in [-0.25, -0.2) is 5.32 Å². The Labute approximate surface area is 98.0 Å². The van der Waals surface area contributed by atoms with Crippen molar-refractivity contribution in [2.75, 3.05) is 32.7 Å². The predicted molar refractivity (Wildman–Crippen MR) is 68.5 cm³/mol. The molecule has 1 aliphatic rings. The zero-order valence-corrected chi connectivity index (χ0v) is 9.89. The van der Waals surface area contributed by atoms with Gasteiger partial charge < -0.3 is 0 Å².